The summed E-state index contributed by atoms with van der Waals surface area (Å²) in [5, 5.41) is 14.4. The van der Waals surface area contributed by atoms with Gasteiger partial charge < -0.3 is 15.0 Å². The molecule has 2 unspecified atom stereocenters. The van der Waals surface area contributed by atoms with Crippen LogP contribution in [0.1, 0.15) is 25.7 Å². The molecule has 0 aliphatic carbocycles. The maximum Gasteiger partial charge on any atom is 0.271 e. The third kappa shape index (κ3) is 2.44. The minimum absolute atomic E-state index is 0.126. The Kier molecular flexibility index (Phi) is 3.71. The van der Waals surface area contributed by atoms with Crippen LogP contribution in [0.15, 0.2) is 18.2 Å². The van der Waals surface area contributed by atoms with Crippen molar-refractivity contribution in [2.75, 3.05) is 19.1 Å². The first-order valence-corrected chi connectivity index (χ1v) is 7.42. The largest absolute Gasteiger partial charge is 0.495 e. The van der Waals surface area contributed by atoms with E-state index in [-0.39, 0.29) is 10.6 Å². The fraction of sp³-hybridized carbons (Fsp3) is 0.600. The predicted molar refractivity (Wildman–Crippen MR) is 81.0 cm³/mol. The Morgan fingerprint density at radius 2 is 2.00 bits per heavy atom. The number of nitro groups is 1. The van der Waals surface area contributed by atoms with Gasteiger partial charge in [-0.3, -0.25) is 10.1 Å². The lowest BCUT2D eigenvalue weighted by molar-refractivity contribution is -0.384. The second-order valence-corrected chi connectivity index (χ2v) is 5.86. The van der Waals surface area contributed by atoms with Crippen LogP contribution in [-0.4, -0.2) is 37.2 Å². The highest BCUT2D eigenvalue weighted by molar-refractivity contribution is 5.65. The van der Waals surface area contributed by atoms with Gasteiger partial charge >= 0.3 is 0 Å². The molecule has 3 rings (SSSR count). The monoisotopic (exact) mass is 291 g/mol. The van der Waals surface area contributed by atoms with Crippen molar-refractivity contribution in [3.05, 3.63) is 28.3 Å². The number of hydrogen-bond donors (Lipinski definition) is 1. The van der Waals surface area contributed by atoms with Gasteiger partial charge in [0, 0.05) is 30.3 Å². The van der Waals surface area contributed by atoms with Crippen molar-refractivity contribution in [1.82, 2.24) is 5.32 Å². The van der Waals surface area contributed by atoms with Gasteiger partial charge in [-0.25, -0.2) is 0 Å². The maximum absolute atomic E-state index is 11.0. The minimum atomic E-state index is -0.342. The average Bonchev–Trinajstić information content (AvgIpc) is 2.76. The van der Waals surface area contributed by atoms with Crippen molar-refractivity contribution in [3.63, 3.8) is 0 Å². The van der Waals surface area contributed by atoms with Gasteiger partial charge in [0.05, 0.1) is 17.7 Å². The van der Waals surface area contributed by atoms with Crippen molar-refractivity contribution < 1.29 is 9.66 Å². The smallest absolute Gasteiger partial charge is 0.271 e. The van der Waals surface area contributed by atoms with Crippen LogP contribution in [-0.2, 0) is 0 Å². The molecule has 0 amide bonds. The Hall–Kier alpha value is -1.82. The molecular weight excluding hydrogens is 270 g/mol. The summed E-state index contributed by atoms with van der Waals surface area (Å²) in [6.07, 6.45) is 4.46. The van der Waals surface area contributed by atoms with Gasteiger partial charge in [-0.2, -0.15) is 0 Å². The normalized spacial score (nSPS) is 27.7. The van der Waals surface area contributed by atoms with Crippen LogP contribution < -0.4 is 15.0 Å². The third-order valence-corrected chi connectivity index (χ3v) is 4.79. The van der Waals surface area contributed by atoms with E-state index in [0.717, 1.165) is 37.1 Å². The molecule has 0 aromatic heterocycles. The summed E-state index contributed by atoms with van der Waals surface area (Å²) >= 11 is 0. The number of nitrogens with one attached hydrogen (secondary N) is 1. The summed E-state index contributed by atoms with van der Waals surface area (Å²) in [5.41, 5.74) is 0.995. The zero-order valence-electron chi connectivity index (χ0n) is 12.4. The summed E-state index contributed by atoms with van der Waals surface area (Å²) in [6.45, 7) is 0. The number of nitrogens with zero attached hydrogens (tertiary/aromatic N) is 2. The minimum Gasteiger partial charge on any atom is -0.495 e. The van der Waals surface area contributed by atoms with E-state index < -0.39 is 0 Å². The van der Waals surface area contributed by atoms with Gasteiger partial charge in [0.1, 0.15) is 5.75 Å². The Morgan fingerprint density at radius 1 is 1.33 bits per heavy atom. The van der Waals surface area contributed by atoms with Crippen molar-refractivity contribution in [1.29, 1.82) is 0 Å². The van der Waals surface area contributed by atoms with Gasteiger partial charge in [-0.15, -0.1) is 0 Å². The van der Waals surface area contributed by atoms with E-state index in [1.807, 2.05) is 7.05 Å². The van der Waals surface area contributed by atoms with Crippen molar-refractivity contribution >= 4 is 11.4 Å². The summed E-state index contributed by atoms with van der Waals surface area (Å²) in [5.74, 6) is 0.723. The molecule has 0 spiro atoms. The van der Waals surface area contributed by atoms with Crippen LogP contribution in [0.25, 0.3) is 0 Å². The van der Waals surface area contributed by atoms with Gasteiger partial charge in [-0.05, 0) is 38.8 Å². The molecule has 0 radical (unpaired) electrons. The predicted octanol–water partition coefficient (Wildman–Crippen LogP) is 2.32. The first kappa shape index (κ1) is 14.1. The molecule has 2 aliphatic rings. The number of rotatable bonds is 4. The standard InChI is InChI=1S/C15H21N3O3/c1-16-10-7-11-3-4-12(8-10)17(11)14-9-13(18(19)20)5-6-15(14)21-2/h5-6,9-12,16H,3-4,7-8H2,1-2H3. The first-order valence-electron chi connectivity index (χ1n) is 7.42. The Labute approximate surface area is 124 Å². The Bertz CT molecular complexity index is 535. The Morgan fingerprint density at radius 3 is 2.52 bits per heavy atom. The van der Waals surface area contributed by atoms with Crippen molar-refractivity contribution in [2.24, 2.45) is 0 Å². The number of ether oxygens (including phenoxy) is 1. The van der Waals surface area contributed by atoms with Crippen LogP contribution in [0.4, 0.5) is 11.4 Å². The molecular formula is C15H21N3O3. The van der Waals surface area contributed by atoms with E-state index in [2.05, 4.69) is 10.2 Å². The molecule has 2 fully saturated rings. The lowest BCUT2D eigenvalue weighted by atomic mass is 9.96. The molecule has 2 atom stereocenters. The van der Waals surface area contributed by atoms with Crippen molar-refractivity contribution in [2.45, 2.75) is 43.8 Å². The SMILES string of the molecule is CNC1CC2CCC(C1)N2c1cc([N+](=O)[O-])ccc1OC. The molecule has 114 valence electrons. The number of piperidine rings is 1. The average molecular weight is 291 g/mol. The molecule has 2 bridgehead atoms. The van der Waals surface area contributed by atoms with Gasteiger partial charge in [0.2, 0.25) is 0 Å². The lowest BCUT2D eigenvalue weighted by Gasteiger charge is -2.40. The van der Waals surface area contributed by atoms with E-state index in [4.69, 9.17) is 4.74 Å². The number of hydrogen-bond acceptors (Lipinski definition) is 5. The van der Waals surface area contributed by atoms with Crippen LogP contribution in [0, 0.1) is 10.1 Å². The highest BCUT2D eigenvalue weighted by Crippen LogP contribution is 2.44. The van der Waals surface area contributed by atoms with Crippen LogP contribution in [0.5, 0.6) is 5.75 Å². The molecule has 6 heteroatoms. The number of fused-ring (bicyclic) bond motifs is 2. The number of methoxy groups -OCH3 is 1. The van der Waals surface area contributed by atoms with Crippen molar-refractivity contribution in [3.8, 4) is 5.75 Å². The van der Waals surface area contributed by atoms with Crippen LogP contribution in [0.3, 0.4) is 0 Å². The molecule has 6 nitrogen and oxygen atoms in total. The molecule has 2 heterocycles. The van der Waals surface area contributed by atoms with E-state index >= 15 is 0 Å². The highest BCUT2D eigenvalue weighted by Gasteiger charge is 2.41. The van der Waals surface area contributed by atoms with Crippen LogP contribution in [0.2, 0.25) is 0 Å². The molecule has 0 saturated carbocycles. The van der Waals surface area contributed by atoms with Crippen LogP contribution >= 0.6 is 0 Å². The fourth-order valence-corrected chi connectivity index (χ4v) is 3.80. The summed E-state index contributed by atoms with van der Waals surface area (Å²) in [7, 11) is 3.63. The Balaban J connectivity index is 1.96. The molecule has 2 aliphatic heterocycles. The lowest BCUT2D eigenvalue weighted by Crippen LogP contribution is -2.48. The van der Waals surface area contributed by atoms with E-state index in [9.17, 15) is 10.1 Å². The molecule has 21 heavy (non-hydrogen) atoms. The topological polar surface area (TPSA) is 67.6 Å². The van der Waals surface area contributed by atoms with E-state index in [0.29, 0.717) is 18.1 Å². The zero-order chi connectivity index (χ0) is 15.0. The van der Waals surface area contributed by atoms with Gasteiger partial charge in [0.15, 0.2) is 0 Å². The second-order valence-electron chi connectivity index (χ2n) is 5.86. The summed E-state index contributed by atoms with van der Waals surface area (Å²) in [6, 6.07) is 6.29. The zero-order valence-corrected chi connectivity index (χ0v) is 12.4. The fourth-order valence-electron chi connectivity index (χ4n) is 3.80. The summed E-state index contributed by atoms with van der Waals surface area (Å²) in [4.78, 5) is 13.1. The van der Waals surface area contributed by atoms with E-state index in [1.165, 1.54) is 6.07 Å². The van der Waals surface area contributed by atoms with Gasteiger partial charge in [0.25, 0.3) is 5.69 Å². The molecule has 1 aromatic carbocycles. The second kappa shape index (κ2) is 5.52. The molecule has 1 N–H and O–H groups in total. The maximum atomic E-state index is 11.0. The molecule has 1 aromatic rings. The first-order chi connectivity index (χ1) is 10.1. The third-order valence-electron chi connectivity index (χ3n) is 4.79. The molecule has 2 saturated heterocycles. The van der Waals surface area contributed by atoms with Gasteiger partial charge in [-0.1, -0.05) is 0 Å². The number of non-ortho nitro benzene ring substituents is 1. The highest BCUT2D eigenvalue weighted by atomic mass is 16.6. The number of nitro benzene ring substituents is 1. The number of anilines is 1. The quantitative estimate of drug-likeness (QED) is 0.681. The number of benzene rings is 1. The summed E-state index contributed by atoms with van der Waals surface area (Å²) < 4.78 is 5.43. The van der Waals surface area contributed by atoms with E-state index in [1.54, 1.807) is 19.2 Å².